The van der Waals surface area contributed by atoms with Crippen LogP contribution in [0, 0.1) is 41.7 Å². The molecule has 0 bridgehead atoms. The van der Waals surface area contributed by atoms with Crippen molar-refractivity contribution in [1.29, 1.82) is 0 Å². The predicted molar refractivity (Wildman–Crippen MR) is 281 cm³/mol. The van der Waals surface area contributed by atoms with Gasteiger partial charge in [0.25, 0.3) is 0 Å². The summed E-state index contributed by atoms with van der Waals surface area (Å²) in [5.41, 5.74) is 15.9. The Balaban J connectivity index is 1.38. The van der Waals surface area contributed by atoms with Gasteiger partial charge in [-0.05, 0) is 164 Å². The second-order valence-electron chi connectivity index (χ2n) is 20.3. The molecule has 0 aliphatic heterocycles. The highest BCUT2D eigenvalue weighted by atomic mass is 14.3. The van der Waals surface area contributed by atoms with Crippen LogP contribution in [0.5, 0.6) is 0 Å². The van der Waals surface area contributed by atoms with Crippen LogP contribution in [-0.4, -0.2) is 0 Å². The zero-order valence-electron chi connectivity index (χ0n) is 39.5. The quantitative estimate of drug-likeness (QED) is 0.143. The first kappa shape index (κ1) is 40.5. The molecule has 0 atom stereocenters. The van der Waals surface area contributed by atoms with Gasteiger partial charge >= 0.3 is 0 Å². The maximum atomic E-state index is 2.49. The minimum Gasteiger partial charge on any atom is -0.0616 e. The van der Waals surface area contributed by atoms with Crippen LogP contribution in [0.25, 0.3) is 76.8 Å². The van der Waals surface area contributed by atoms with Gasteiger partial charge in [0, 0.05) is 0 Å². The highest BCUT2D eigenvalue weighted by Crippen LogP contribution is 2.46. The predicted octanol–water partition coefficient (Wildman–Crippen LogP) is 18.1. The summed E-state index contributed by atoms with van der Waals surface area (Å²) >= 11 is 0. The number of rotatable bonds is 8. The van der Waals surface area contributed by atoms with Crippen LogP contribution in [0.3, 0.4) is 0 Å². The molecule has 10 aromatic rings. The van der Waals surface area contributed by atoms with Crippen LogP contribution < -0.4 is 0 Å². The average Bonchev–Trinajstić information content (AvgIpc) is 3.84. The molecule has 0 heteroatoms. The fourth-order valence-electron chi connectivity index (χ4n) is 11.7. The first-order valence-corrected chi connectivity index (χ1v) is 24.3. The van der Waals surface area contributed by atoms with Crippen molar-refractivity contribution in [2.24, 2.45) is 0 Å². The summed E-state index contributed by atoms with van der Waals surface area (Å²) in [6.45, 7) is 18.5. The fourth-order valence-corrected chi connectivity index (χ4v) is 11.7. The van der Waals surface area contributed by atoms with E-state index in [9.17, 15) is 0 Å². The number of hydrogen-bond acceptors (Lipinski definition) is 0. The molecule has 2 aliphatic carbocycles. The van der Waals surface area contributed by atoms with Gasteiger partial charge in [-0.3, -0.25) is 0 Å². The molecule has 0 nitrogen and oxygen atoms in total. The largest absolute Gasteiger partial charge is 0.0616 e. The summed E-state index contributed by atoms with van der Waals surface area (Å²) in [7, 11) is 0. The molecule has 0 saturated carbocycles. The topological polar surface area (TPSA) is 0 Å². The standard InChI is InChI=1S/C66H56/c1-37(2)41-17-13-21-45(33-41)57-49-25-9-10-26-50(49)58(46-22-14-18-42(34-46)38(3)4)64-54-31-32-56-62-55(30-29-53(61(54)62)63(57)64)65-59(47-23-15-19-43(35-47)39(5)6)51-27-11-12-28-52(51)60(66(56)65)48-24-16-20-44(36-48)40(7)8/h9-40H,1-8H3. The van der Waals surface area contributed by atoms with Gasteiger partial charge in [0.15, 0.2) is 0 Å². The maximum absolute atomic E-state index is 2.49. The molecular formula is C66H56. The van der Waals surface area contributed by atoms with Crippen molar-refractivity contribution in [3.05, 3.63) is 234 Å². The van der Waals surface area contributed by atoms with Crippen LogP contribution in [0.4, 0.5) is 0 Å². The molecule has 2 aliphatic rings. The van der Waals surface area contributed by atoms with Gasteiger partial charge in [-0.25, -0.2) is 0 Å². The normalized spacial score (nSPS) is 12.5. The molecule has 0 fully saturated rings. The van der Waals surface area contributed by atoms with Crippen molar-refractivity contribution in [3.63, 3.8) is 0 Å². The van der Waals surface area contributed by atoms with Crippen molar-refractivity contribution in [3.8, 4) is 44.5 Å². The van der Waals surface area contributed by atoms with E-state index in [0.717, 1.165) is 0 Å². The van der Waals surface area contributed by atoms with E-state index in [0.29, 0.717) is 23.7 Å². The summed E-state index contributed by atoms with van der Waals surface area (Å²) < 4.78 is 0. The van der Waals surface area contributed by atoms with E-state index in [1.807, 2.05) is 0 Å². The smallest absolute Gasteiger partial charge is 0.000740 e. The third kappa shape index (κ3) is 5.97. The van der Waals surface area contributed by atoms with E-state index < -0.39 is 0 Å². The Morgan fingerprint density at radius 2 is 0.470 bits per heavy atom. The highest BCUT2D eigenvalue weighted by Gasteiger charge is 2.25. The van der Waals surface area contributed by atoms with Gasteiger partial charge in [0.2, 0.25) is 0 Å². The van der Waals surface area contributed by atoms with Gasteiger partial charge in [0.05, 0.1) is 0 Å². The van der Waals surface area contributed by atoms with E-state index in [2.05, 4.69) is 225 Å². The van der Waals surface area contributed by atoms with Crippen LogP contribution in [0.2, 0.25) is 0 Å². The second-order valence-corrected chi connectivity index (χ2v) is 20.3. The molecule has 0 radical (unpaired) electrons. The SMILES string of the molecule is CC(C)c1cccc(-c2c3c(c(-c4cccc(C(C)C)c4)c4ccccc24)=c2ccc4c5c(ccc=3c25)=c2c(-c3cccc(C(C)C)c3)c3ccccc3c(-c3cccc(C(C)C)c3)c2=4)c1. The van der Waals surface area contributed by atoms with Crippen molar-refractivity contribution in [1.82, 2.24) is 0 Å². The zero-order valence-corrected chi connectivity index (χ0v) is 39.5. The molecule has 0 spiro atoms. The van der Waals surface area contributed by atoms with E-state index >= 15 is 0 Å². The lowest BCUT2D eigenvalue weighted by atomic mass is 9.86. The highest BCUT2D eigenvalue weighted by molar-refractivity contribution is 6.09. The van der Waals surface area contributed by atoms with Gasteiger partial charge in [-0.15, -0.1) is 0 Å². The summed E-state index contributed by atoms with van der Waals surface area (Å²) in [5, 5.41) is 18.7. The molecule has 0 heterocycles. The van der Waals surface area contributed by atoms with Gasteiger partial charge in [-0.1, -0.05) is 225 Å². The van der Waals surface area contributed by atoms with Crippen LogP contribution in [0.15, 0.2) is 170 Å². The first-order valence-electron chi connectivity index (χ1n) is 24.3. The lowest BCUT2D eigenvalue weighted by Crippen LogP contribution is -1.95. The number of hydrogen-bond donors (Lipinski definition) is 0. The monoisotopic (exact) mass is 848 g/mol. The zero-order chi connectivity index (χ0) is 45.1. The van der Waals surface area contributed by atoms with E-state index in [-0.39, 0.29) is 0 Å². The molecule has 320 valence electrons. The van der Waals surface area contributed by atoms with Crippen LogP contribution >= 0.6 is 0 Å². The molecule has 0 aromatic heterocycles. The molecule has 0 amide bonds. The summed E-state index contributed by atoms with van der Waals surface area (Å²) in [6, 6.07) is 65.9. The Morgan fingerprint density at radius 3 is 0.682 bits per heavy atom. The molecule has 0 saturated heterocycles. The Bertz CT molecular complexity index is 3580. The molecular weight excluding hydrogens is 793 g/mol. The first-order chi connectivity index (χ1) is 32.1. The van der Waals surface area contributed by atoms with Crippen molar-refractivity contribution >= 4 is 32.3 Å². The van der Waals surface area contributed by atoms with E-state index in [1.165, 1.54) is 141 Å². The second kappa shape index (κ2) is 15.3. The van der Waals surface area contributed by atoms with Gasteiger partial charge in [-0.2, -0.15) is 0 Å². The average molecular weight is 849 g/mol. The molecule has 66 heavy (non-hydrogen) atoms. The van der Waals surface area contributed by atoms with E-state index in [4.69, 9.17) is 0 Å². The van der Waals surface area contributed by atoms with Gasteiger partial charge < -0.3 is 0 Å². The lowest BCUT2D eigenvalue weighted by molar-refractivity contribution is 0.867. The van der Waals surface area contributed by atoms with Crippen LogP contribution in [0.1, 0.15) is 101 Å². The van der Waals surface area contributed by atoms with Gasteiger partial charge in [0.1, 0.15) is 0 Å². The summed E-state index contributed by atoms with van der Waals surface area (Å²) in [5.74, 6) is 1.67. The minimum absolute atomic E-state index is 0.419. The lowest BCUT2D eigenvalue weighted by Gasteiger charge is -2.17. The number of fused-ring (bicyclic) bond motifs is 4. The van der Waals surface area contributed by atoms with E-state index in [1.54, 1.807) is 0 Å². The fraction of sp³-hybridized carbons (Fsp3) is 0.182. The summed E-state index contributed by atoms with van der Waals surface area (Å²) in [4.78, 5) is 0. The van der Waals surface area contributed by atoms with Crippen molar-refractivity contribution < 1.29 is 0 Å². The maximum Gasteiger partial charge on any atom is -0.000740 e. The van der Waals surface area contributed by atoms with Crippen molar-refractivity contribution in [2.45, 2.75) is 79.1 Å². The third-order valence-electron chi connectivity index (χ3n) is 15.0. The molecule has 0 N–H and O–H groups in total. The Hall–Kier alpha value is -7.02. The van der Waals surface area contributed by atoms with Crippen molar-refractivity contribution in [2.75, 3.05) is 0 Å². The third-order valence-corrected chi connectivity index (χ3v) is 15.0. The molecule has 0 unspecified atom stereocenters. The Morgan fingerprint density at radius 1 is 0.242 bits per heavy atom. The minimum atomic E-state index is 0.419. The molecule has 10 aromatic carbocycles. The Labute approximate surface area is 387 Å². The summed E-state index contributed by atoms with van der Waals surface area (Å²) in [6.07, 6.45) is 0. The number of benzene rings is 10. The Kier molecular flexibility index (Phi) is 9.38. The van der Waals surface area contributed by atoms with Crippen LogP contribution in [-0.2, 0) is 0 Å². The molecule has 12 rings (SSSR count).